The summed E-state index contributed by atoms with van der Waals surface area (Å²) in [7, 11) is 3.17. The number of benzene rings is 2. The van der Waals surface area contributed by atoms with E-state index in [1.165, 1.54) is 0 Å². The molecule has 1 aliphatic heterocycles. The van der Waals surface area contributed by atoms with Gasteiger partial charge in [-0.25, -0.2) is 9.97 Å². The number of aromatic nitrogens is 3. The third kappa shape index (κ3) is 5.03. The van der Waals surface area contributed by atoms with Crippen LogP contribution in [0.3, 0.4) is 0 Å². The van der Waals surface area contributed by atoms with E-state index in [1.54, 1.807) is 44.8 Å². The first-order valence-corrected chi connectivity index (χ1v) is 12.4. The fraction of sp³-hybridized carbons (Fsp3) is 0.267. The highest BCUT2D eigenvalue weighted by atomic mass is 16.5. The molecule has 2 aromatic carbocycles. The number of pyridine rings is 1. The lowest BCUT2D eigenvalue weighted by Gasteiger charge is -2.34. The molecule has 0 saturated carbocycles. The Balaban J connectivity index is 1.52. The van der Waals surface area contributed by atoms with Crippen molar-refractivity contribution in [3.63, 3.8) is 0 Å². The van der Waals surface area contributed by atoms with Crippen LogP contribution in [0.1, 0.15) is 40.4 Å². The first-order chi connectivity index (χ1) is 18.1. The van der Waals surface area contributed by atoms with Gasteiger partial charge in [0.25, 0.3) is 5.91 Å². The highest BCUT2D eigenvalue weighted by Gasteiger charge is 2.30. The first kappa shape index (κ1) is 24.4. The van der Waals surface area contributed by atoms with E-state index in [0.29, 0.717) is 36.0 Å². The number of carbonyl (C=O) groups is 1. The van der Waals surface area contributed by atoms with Gasteiger partial charge in [0.1, 0.15) is 11.5 Å². The summed E-state index contributed by atoms with van der Waals surface area (Å²) in [6.45, 7) is 3.36. The van der Waals surface area contributed by atoms with Gasteiger partial charge in [0.05, 0.1) is 25.5 Å². The standard InChI is InChI=1S/C30H30N4O3/c1-20-7-4-5-9-24(20)26-18-32-29(21-12-14-31-15-13-21)33-28(26)22-8-6-16-34(19-22)30(35)25-11-10-23(36-2)17-27(25)37-3/h4-5,7,9-15,17-18,22H,6,8,16,19H2,1-3H3/t22-/m0/s1. The van der Waals surface area contributed by atoms with Gasteiger partial charge in [-0.3, -0.25) is 9.78 Å². The maximum absolute atomic E-state index is 13.6. The molecule has 3 heterocycles. The van der Waals surface area contributed by atoms with Crippen LogP contribution < -0.4 is 9.47 Å². The molecule has 1 amide bonds. The minimum atomic E-state index is -0.0509. The SMILES string of the molecule is COc1ccc(C(=O)N2CCC[C@H](c3nc(-c4ccncc4)ncc3-c3ccccc3C)C2)c(OC)c1. The van der Waals surface area contributed by atoms with E-state index in [2.05, 4.69) is 24.0 Å². The molecule has 1 fully saturated rings. The summed E-state index contributed by atoms with van der Waals surface area (Å²) in [5, 5.41) is 0. The van der Waals surface area contributed by atoms with Crippen molar-refractivity contribution < 1.29 is 14.3 Å². The number of hydrogen-bond donors (Lipinski definition) is 0. The van der Waals surface area contributed by atoms with Gasteiger partial charge >= 0.3 is 0 Å². The zero-order valence-corrected chi connectivity index (χ0v) is 21.3. The Morgan fingerprint density at radius 1 is 1.00 bits per heavy atom. The van der Waals surface area contributed by atoms with Crippen molar-refractivity contribution in [2.75, 3.05) is 27.3 Å². The maximum Gasteiger partial charge on any atom is 0.257 e. The Morgan fingerprint density at radius 3 is 2.57 bits per heavy atom. The molecule has 0 radical (unpaired) electrons. The third-order valence-corrected chi connectivity index (χ3v) is 6.93. The van der Waals surface area contributed by atoms with Crippen LogP contribution in [0, 0.1) is 6.92 Å². The Morgan fingerprint density at radius 2 is 1.81 bits per heavy atom. The second-order valence-corrected chi connectivity index (χ2v) is 9.20. The molecule has 1 atom stereocenters. The number of piperidine rings is 1. The number of likely N-dealkylation sites (tertiary alicyclic amines) is 1. The summed E-state index contributed by atoms with van der Waals surface area (Å²) in [6.07, 6.45) is 7.24. The van der Waals surface area contributed by atoms with Crippen LogP contribution in [-0.2, 0) is 0 Å². The topological polar surface area (TPSA) is 77.4 Å². The van der Waals surface area contributed by atoms with Gasteiger partial charge in [-0.1, -0.05) is 24.3 Å². The number of hydrogen-bond acceptors (Lipinski definition) is 6. The van der Waals surface area contributed by atoms with Crippen molar-refractivity contribution in [1.29, 1.82) is 0 Å². The number of carbonyl (C=O) groups excluding carboxylic acids is 1. The average molecular weight is 495 g/mol. The summed E-state index contributed by atoms with van der Waals surface area (Å²) < 4.78 is 10.8. The molecule has 0 unspecified atom stereocenters. The molecular weight excluding hydrogens is 464 g/mol. The molecule has 0 aliphatic carbocycles. The summed E-state index contributed by atoms with van der Waals surface area (Å²) in [5.74, 6) is 1.84. The largest absolute Gasteiger partial charge is 0.497 e. The normalized spacial score (nSPS) is 15.3. The molecule has 1 aliphatic rings. The Kier molecular flexibility index (Phi) is 7.12. The fourth-order valence-corrected chi connectivity index (χ4v) is 4.96. The van der Waals surface area contributed by atoms with Gasteiger partial charge in [0, 0.05) is 54.8 Å². The van der Waals surface area contributed by atoms with E-state index in [0.717, 1.165) is 40.8 Å². The van der Waals surface area contributed by atoms with Crippen LogP contribution in [0.15, 0.2) is 73.2 Å². The average Bonchev–Trinajstić information content (AvgIpc) is 2.97. The molecule has 0 N–H and O–H groups in total. The molecule has 0 bridgehead atoms. The van der Waals surface area contributed by atoms with Gasteiger partial charge in [0.15, 0.2) is 5.82 Å². The number of amides is 1. The second kappa shape index (κ2) is 10.8. The van der Waals surface area contributed by atoms with Crippen molar-refractivity contribution >= 4 is 5.91 Å². The molecule has 7 nitrogen and oxygen atoms in total. The molecule has 5 rings (SSSR count). The number of rotatable bonds is 6. The quantitative estimate of drug-likeness (QED) is 0.350. The van der Waals surface area contributed by atoms with Crippen LogP contribution in [0.2, 0.25) is 0 Å². The van der Waals surface area contributed by atoms with Crippen LogP contribution in [0.4, 0.5) is 0 Å². The van der Waals surface area contributed by atoms with Gasteiger partial charge in [0.2, 0.25) is 0 Å². The van der Waals surface area contributed by atoms with Crippen molar-refractivity contribution in [2.24, 2.45) is 0 Å². The minimum absolute atomic E-state index is 0.0509. The van der Waals surface area contributed by atoms with Gasteiger partial charge in [-0.2, -0.15) is 0 Å². The predicted octanol–water partition coefficient (Wildman–Crippen LogP) is 5.55. The fourth-order valence-electron chi connectivity index (χ4n) is 4.96. The Labute approximate surface area is 217 Å². The molecule has 0 spiro atoms. The van der Waals surface area contributed by atoms with Crippen LogP contribution in [-0.4, -0.2) is 53.1 Å². The van der Waals surface area contributed by atoms with Gasteiger partial charge in [-0.05, 0) is 55.2 Å². The summed E-state index contributed by atoms with van der Waals surface area (Å²) in [5.41, 5.74) is 5.70. The Bertz CT molecular complexity index is 1410. The summed E-state index contributed by atoms with van der Waals surface area (Å²) in [6, 6.07) is 17.4. The van der Waals surface area contributed by atoms with Gasteiger partial charge < -0.3 is 14.4 Å². The third-order valence-electron chi connectivity index (χ3n) is 6.93. The zero-order chi connectivity index (χ0) is 25.8. The lowest BCUT2D eigenvalue weighted by molar-refractivity contribution is 0.0702. The van der Waals surface area contributed by atoms with E-state index >= 15 is 0 Å². The van der Waals surface area contributed by atoms with Crippen molar-refractivity contribution in [2.45, 2.75) is 25.7 Å². The molecule has 2 aromatic heterocycles. The second-order valence-electron chi connectivity index (χ2n) is 9.20. The van der Waals surface area contributed by atoms with Crippen molar-refractivity contribution in [1.82, 2.24) is 19.9 Å². The predicted molar refractivity (Wildman–Crippen MR) is 143 cm³/mol. The van der Waals surface area contributed by atoms with E-state index in [4.69, 9.17) is 19.4 Å². The monoisotopic (exact) mass is 494 g/mol. The molecule has 1 saturated heterocycles. The van der Waals surface area contributed by atoms with Crippen molar-refractivity contribution in [3.05, 3.63) is 90.0 Å². The lowest BCUT2D eigenvalue weighted by atomic mass is 9.88. The van der Waals surface area contributed by atoms with E-state index in [1.807, 2.05) is 35.4 Å². The molecule has 7 heteroatoms. The molecule has 188 valence electrons. The summed E-state index contributed by atoms with van der Waals surface area (Å²) >= 11 is 0. The van der Waals surface area contributed by atoms with Crippen LogP contribution >= 0.6 is 0 Å². The molecule has 37 heavy (non-hydrogen) atoms. The smallest absolute Gasteiger partial charge is 0.257 e. The number of aryl methyl sites for hydroxylation is 1. The number of ether oxygens (including phenoxy) is 2. The molecule has 4 aromatic rings. The first-order valence-electron chi connectivity index (χ1n) is 12.4. The van der Waals surface area contributed by atoms with Crippen LogP contribution in [0.5, 0.6) is 11.5 Å². The van der Waals surface area contributed by atoms with Gasteiger partial charge in [-0.15, -0.1) is 0 Å². The van der Waals surface area contributed by atoms with Crippen LogP contribution in [0.25, 0.3) is 22.5 Å². The highest BCUT2D eigenvalue weighted by Crippen LogP contribution is 2.36. The van der Waals surface area contributed by atoms with E-state index in [9.17, 15) is 4.79 Å². The zero-order valence-electron chi connectivity index (χ0n) is 21.3. The maximum atomic E-state index is 13.6. The van der Waals surface area contributed by atoms with E-state index < -0.39 is 0 Å². The number of methoxy groups -OCH3 is 2. The summed E-state index contributed by atoms with van der Waals surface area (Å²) in [4.78, 5) is 29.5. The minimum Gasteiger partial charge on any atom is -0.497 e. The molecular formula is C30H30N4O3. The number of nitrogens with zero attached hydrogens (tertiary/aromatic N) is 4. The lowest BCUT2D eigenvalue weighted by Crippen LogP contribution is -2.39. The highest BCUT2D eigenvalue weighted by molar-refractivity contribution is 5.97. The Hall–Kier alpha value is -4.26. The van der Waals surface area contributed by atoms with Crippen molar-refractivity contribution in [3.8, 4) is 34.0 Å². The van der Waals surface area contributed by atoms with E-state index in [-0.39, 0.29) is 11.8 Å².